The molecule has 0 spiro atoms. The van der Waals surface area contributed by atoms with Gasteiger partial charge in [0.15, 0.2) is 0 Å². The van der Waals surface area contributed by atoms with Crippen molar-refractivity contribution in [3.8, 4) is 28.5 Å². The Morgan fingerprint density at radius 2 is 1.83 bits per heavy atom. The molecule has 3 aromatic carbocycles. The zero-order valence-electron chi connectivity index (χ0n) is 20.0. The normalized spacial score (nSPS) is 11.1. The molecule has 2 heterocycles. The number of methoxy groups -OCH3 is 2. The molecule has 0 saturated heterocycles. The van der Waals surface area contributed by atoms with Crippen LogP contribution in [0, 0.1) is 0 Å². The minimum Gasteiger partial charge on any atom is -0.497 e. The van der Waals surface area contributed by atoms with Gasteiger partial charge in [-0.25, -0.2) is 4.79 Å². The Morgan fingerprint density at radius 3 is 2.61 bits per heavy atom. The molecule has 0 aliphatic heterocycles. The summed E-state index contributed by atoms with van der Waals surface area (Å²) >= 11 is 1.17. The number of rotatable bonds is 7. The summed E-state index contributed by atoms with van der Waals surface area (Å²) in [6, 6.07) is 16.9. The standard InChI is InChI=1S/C26H24N4O5S/c1-4-34-26(31)35-25-24(18-8-7-17(32-2)13-23(18)33-3)19-12-16(27)6-10-22(19)30(25)14-15-5-9-20-21(11-15)29-36-28-20/h5-13H,4,14,27H2,1-3H3. The topological polar surface area (TPSA) is 111 Å². The van der Waals surface area contributed by atoms with E-state index in [1.165, 1.54) is 11.7 Å². The average Bonchev–Trinajstić information content (AvgIpc) is 3.46. The van der Waals surface area contributed by atoms with Crippen molar-refractivity contribution >= 4 is 45.5 Å². The third-order valence-electron chi connectivity index (χ3n) is 5.82. The number of ether oxygens (including phenoxy) is 4. The summed E-state index contributed by atoms with van der Waals surface area (Å²) in [5, 5.41) is 0.800. The first-order valence-electron chi connectivity index (χ1n) is 11.2. The third-order valence-corrected chi connectivity index (χ3v) is 6.38. The van der Waals surface area contributed by atoms with E-state index < -0.39 is 6.16 Å². The first-order valence-corrected chi connectivity index (χ1v) is 11.9. The number of carbonyl (C=O) groups is 1. The molecule has 2 N–H and O–H groups in total. The molecule has 0 saturated carbocycles. The Balaban J connectivity index is 1.76. The maximum Gasteiger partial charge on any atom is 0.515 e. The van der Waals surface area contributed by atoms with Crippen LogP contribution in [0.2, 0.25) is 0 Å². The molecule has 0 aliphatic rings. The molecule has 2 aromatic heterocycles. The van der Waals surface area contributed by atoms with E-state index in [4.69, 9.17) is 24.7 Å². The van der Waals surface area contributed by atoms with Gasteiger partial charge in [0.05, 0.1) is 50.2 Å². The van der Waals surface area contributed by atoms with Gasteiger partial charge >= 0.3 is 6.16 Å². The van der Waals surface area contributed by atoms with Crippen molar-refractivity contribution in [2.75, 3.05) is 26.6 Å². The van der Waals surface area contributed by atoms with E-state index in [0.29, 0.717) is 40.7 Å². The van der Waals surface area contributed by atoms with Crippen LogP contribution in [0.3, 0.4) is 0 Å². The lowest BCUT2D eigenvalue weighted by Crippen LogP contribution is -2.14. The number of benzene rings is 3. The molecule has 10 heteroatoms. The number of nitrogen functional groups attached to an aromatic ring is 1. The fourth-order valence-corrected chi connectivity index (χ4v) is 4.73. The third kappa shape index (κ3) is 4.27. The predicted octanol–water partition coefficient (Wildman–Crippen LogP) is 5.50. The number of aromatic nitrogens is 3. The second-order valence-corrected chi connectivity index (χ2v) is 8.51. The second-order valence-electron chi connectivity index (χ2n) is 7.98. The molecule has 0 aliphatic carbocycles. The van der Waals surface area contributed by atoms with Gasteiger partial charge in [-0.1, -0.05) is 6.07 Å². The van der Waals surface area contributed by atoms with Crippen molar-refractivity contribution in [1.82, 2.24) is 13.3 Å². The van der Waals surface area contributed by atoms with Gasteiger partial charge in [-0.15, -0.1) is 0 Å². The Bertz CT molecular complexity index is 1580. The van der Waals surface area contributed by atoms with Crippen LogP contribution in [-0.4, -0.2) is 40.3 Å². The lowest BCUT2D eigenvalue weighted by atomic mass is 10.0. The maximum absolute atomic E-state index is 12.6. The molecule has 0 amide bonds. The largest absolute Gasteiger partial charge is 0.515 e. The second kappa shape index (κ2) is 9.74. The first kappa shape index (κ1) is 23.4. The van der Waals surface area contributed by atoms with Gasteiger partial charge in [0.25, 0.3) is 0 Å². The molecule has 184 valence electrons. The summed E-state index contributed by atoms with van der Waals surface area (Å²) in [6.07, 6.45) is -0.803. The van der Waals surface area contributed by atoms with Crippen molar-refractivity contribution in [3.05, 3.63) is 60.2 Å². The van der Waals surface area contributed by atoms with Crippen LogP contribution in [-0.2, 0) is 11.3 Å². The molecule has 9 nitrogen and oxygen atoms in total. The molecular formula is C26H24N4O5S. The summed E-state index contributed by atoms with van der Waals surface area (Å²) in [5.41, 5.74) is 11.6. The number of hydrogen-bond donors (Lipinski definition) is 1. The number of nitrogens with two attached hydrogens (primary N) is 1. The Labute approximate surface area is 211 Å². The SMILES string of the molecule is CCOC(=O)Oc1c(-c2ccc(OC)cc2OC)c2cc(N)ccc2n1Cc1ccc2nsnc2c1. The van der Waals surface area contributed by atoms with Crippen LogP contribution >= 0.6 is 11.7 Å². The van der Waals surface area contributed by atoms with E-state index >= 15 is 0 Å². The average molecular weight is 505 g/mol. The van der Waals surface area contributed by atoms with Gasteiger partial charge < -0.3 is 29.2 Å². The molecule has 5 rings (SSSR count). The van der Waals surface area contributed by atoms with Gasteiger partial charge in [0.1, 0.15) is 22.5 Å². The summed E-state index contributed by atoms with van der Waals surface area (Å²) in [4.78, 5) is 12.6. The minimum absolute atomic E-state index is 0.181. The summed E-state index contributed by atoms with van der Waals surface area (Å²) in [7, 11) is 3.17. The number of anilines is 1. The van der Waals surface area contributed by atoms with Crippen LogP contribution in [0.5, 0.6) is 17.4 Å². The number of nitrogens with zero attached hydrogens (tertiary/aromatic N) is 3. The van der Waals surface area contributed by atoms with E-state index in [2.05, 4.69) is 8.75 Å². The van der Waals surface area contributed by atoms with Crippen LogP contribution in [0.1, 0.15) is 12.5 Å². The van der Waals surface area contributed by atoms with Gasteiger partial charge in [-0.3, -0.25) is 0 Å². The van der Waals surface area contributed by atoms with E-state index in [1.807, 2.05) is 53.1 Å². The summed E-state index contributed by atoms with van der Waals surface area (Å²) in [6.45, 7) is 2.31. The van der Waals surface area contributed by atoms with Crippen molar-refractivity contribution in [2.24, 2.45) is 0 Å². The van der Waals surface area contributed by atoms with Crippen LogP contribution in [0.4, 0.5) is 10.5 Å². The fourth-order valence-electron chi connectivity index (χ4n) is 4.21. The molecule has 0 unspecified atom stereocenters. The van der Waals surface area contributed by atoms with E-state index in [-0.39, 0.29) is 6.61 Å². The maximum atomic E-state index is 12.6. The Kier molecular flexibility index (Phi) is 6.34. The highest BCUT2D eigenvalue weighted by Crippen LogP contribution is 2.46. The van der Waals surface area contributed by atoms with Crippen molar-refractivity contribution in [3.63, 3.8) is 0 Å². The minimum atomic E-state index is -0.803. The van der Waals surface area contributed by atoms with Crippen LogP contribution in [0.25, 0.3) is 33.1 Å². The highest BCUT2D eigenvalue weighted by Gasteiger charge is 2.26. The molecule has 0 radical (unpaired) electrons. The number of fused-ring (bicyclic) bond motifs is 2. The van der Waals surface area contributed by atoms with E-state index in [1.54, 1.807) is 27.2 Å². The van der Waals surface area contributed by atoms with Crippen molar-refractivity contribution in [2.45, 2.75) is 13.5 Å². The lowest BCUT2D eigenvalue weighted by molar-refractivity contribution is 0.101. The smallest absolute Gasteiger partial charge is 0.497 e. The monoisotopic (exact) mass is 504 g/mol. The van der Waals surface area contributed by atoms with Crippen molar-refractivity contribution in [1.29, 1.82) is 0 Å². The van der Waals surface area contributed by atoms with E-state index in [9.17, 15) is 4.79 Å². The summed E-state index contributed by atoms with van der Waals surface area (Å²) in [5.74, 6) is 1.51. The first-order chi connectivity index (χ1) is 17.5. The van der Waals surface area contributed by atoms with Crippen LogP contribution < -0.4 is 19.9 Å². The highest BCUT2D eigenvalue weighted by atomic mass is 32.1. The molecule has 0 fully saturated rings. The molecule has 5 aromatic rings. The zero-order valence-corrected chi connectivity index (χ0v) is 20.8. The van der Waals surface area contributed by atoms with Crippen molar-refractivity contribution < 1.29 is 23.7 Å². The fraction of sp³-hybridized carbons (Fsp3) is 0.192. The Hall–Kier alpha value is -4.31. The van der Waals surface area contributed by atoms with Gasteiger partial charge in [0, 0.05) is 22.7 Å². The predicted molar refractivity (Wildman–Crippen MR) is 139 cm³/mol. The Morgan fingerprint density at radius 1 is 1.00 bits per heavy atom. The molecule has 0 bridgehead atoms. The summed E-state index contributed by atoms with van der Waals surface area (Å²) < 4.78 is 32.6. The zero-order chi connectivity index (χ0) is 25.2. The van der Waals surface area contributed by atoms with E-state index in [0.717, 1.165) is 27.5 Å². The molecule has 0 atom stereocenters. The molecule has 36 heavy (non-hydrogen) atoms. The van der Waals surface area contributed by atoms with Crippen LogP contribution in [0.15, 0.2) is 54.6 Å². The quantitative estimate of drug-likeness (QED) is 0.229. The van der Waals surface area contributed by atoms with Gasteiger partial charge in [-0.2, -0.15) is 8.75 Å². The van der Waals surface area contributed by atoms with Gasteiger partial charge in [-0.05, 0) is 55.0 Å². The number of hydrogen-bond acceptors (Lipinski definition) is 9. The lowest BCUT2D eigenvalue weighted by Gasteiger charge is -2.14. The molecular weight excluding hydrogens is 480 g/mol. The number of carbonyl (C=O) groups excluding carboxylic acids is 1. The van der Waals surface area contributed by atoms with Gasteiger partial charge in [0.2, 0.25) is 5.88 Å². The highest BCUT2D eigenvalue weighted by molar-refractivity contribution is 7.00.